The fourth-order valence-electron chi connectivity index (χ4n) is 6.56. The SMILES string of the molecule is Cc1ccc2c(c1)C(c1ccccc1)(c1ccccc1)c1cc(-c3nnc4c5ccccc5ccn34)ccc1-2. The van der Waals surface area contributed by atoms with E-state index in [0.717, 1.165) is 27.8 Å². The second-order valence-electron chi connectivity index (χ2n) is 10.4. The molecule has 0 aliphatic heterocycles. The normalized spacial score (nSPS) is 13.5. The van der Waals surface area contributed by atoms with Gasteiger partial charge in [-0.2, -0.15) is 0 Å². The maximum absolute atomic E-state index is 4.71. The molecule has 0 radical (unpaired) electrons. The average Bonchev–Trinajstić information content (AvgIpc) is 3.55. The molecule has 2 heterocycles. The third-order valence-electron chi connectivity index (χ3n) is 8.27. The van der Waals surface area contributed by atoms with Crippen LogP contribution >= 0.6 is 0 Å². The molecule has 0 unspecified atom stereocenters. The summed E-state index contributed by atoms with van der Waals surface area (Å²) in [6, 6.07) is 46.0. The van der Waals surface area contributed by atoms with Crippen molar-refractivity contribution in [2.45, 2.75) is 12.3 Å². The molecule has 7 aromatic rings. The first-order valence-electron chi connectivity index (χ1n) is 13.3. The molecule has 0 atom stereocenters. The van der Waals surface area contributed by atoms with Crippen LogP contribution in [0.1, 0.15) is 27.8 Å². The maximum Gasteiger partial charge on any atom is 0.168 e. The maximum atomic E-state index is 4.71. The minimum atomic E-state index is -0.442. The molecule has 1 aliphatic rings. The molecule has 0 N–H and O–H groups in total. The lowest BCUT2D eigenvalue weighted by atomic mass is 9.67. The number of fused-ring (bicyclic) bond motifs is 6. The van der Waals surface area contributed by atoms with Gasteiger partial charge in [0.2, 0.25) is 0 Å². The van der Waals surface area contributed by atoms with Gasteiger partial charge < -0.3 is 0 Å². The highest BCUT2D eigenvalue weighted by Crippen LogP contribution is 2.56. The van der Waals surface area contributed by atoms with Crippen molar-refractivity contribution in [3.63, 3.8) is 0 Å². The van der Waals surface area contributed by atoms with E-state index in [4.69, 9.17) is 5.10 Å². The summed E-state index contributed by atoms with van der Waals surface area (Å²) in [7, 11) is 0. The molecule has 0 saturated carbocycles. The van der Waals surface area contributed by atoms with E-state index < -0.39 is 5.41 Å². The summed E-state index contributed by atoms with van der Waals surface area (Å²) in [4.78, 5) is 0. The predicted molar refractivity (Wildman–Crippen MR) is 158 cm³/mol. The zero-order valence-electron chi connectivity index (χ0n) is 21.5. The van der Waals surface area contributed by atoms with Crippen molar-refractivity contribution >= 4 is 16.4 Å². The Kier molecular flexibility index (Phi) is 4.65. The van der Waals surface area contributed by atoms with Gasteiger partial charge in [-0.3, -0.25) is 4.40 Å². The molecule has 0 fully saturated rings. The van der Waals surface area contributed by atoms with Gasteiger partial charge in [-0.15, -0.1) is 10.2 Å². The van der Waals surface area contributed by atoms with Crippen molar-refractivity contribution in [1.82, 2.24) is 14.6 Å². The van der Waals surface area contributed by atoms with E-state index in [2.05, 4.69) is 150 Å². The number of pyridine rings is 1. The van der Waals surface area contributed by atoms with Crippen LogP contribution < -0.4 is 0 Å². The average molecular weight is 500 g/mol. The van der Waals surface area contributed by atoms with Gasteiger partial charge in [0.05, 0.1) is 5.41 Å². The van der Waals surface area contributed by atoms with E-state index >= 15 is 0 Å². The van der Waals surface area contributed by atoms with Crippen LogP contribution in [-0.4, -0.2) is 14.6 Å². The minimum absolute atomic E-state index is 0.442. The van der Waals surface area contributed by atoms with Crippen LogP contribution in [0.4, 0.5) is 0 Å². The molecule has 5 aromatic carbocycles. The van der Waals surface area contributed by atoms with Crippen molar-refractivity contribution in [1.29, 1.82) is 0 Å². The Labute approximate surface area is 227 Å². The lowest BCUT2D eigenvalue weighted by Gasteiger charge is -2.34. The molecule has 184 valence electrons. The number of rotatable bonds is 3. The molecular weight excluding hydrogens is 474 g/mol. The van der Waals surface area contributed by atoms with Gasteiger partial charge in [-0.25, -0.2) is 0 Å². The second kappa shape index (κ2) is 8.24. The lowest BCUT2D eigenvalue weighted by Crippen LogP contribution is -2.28. The van der Waals surface area contributed by atoms with Gasteiger partial charge in [0, 0.05) is 17.1 Å². The zero-order valence-corrected chi connectivity index (χ0v) is 21.5. The Morgan fingerprint density at radius 2 is 1.23 bits per heavy atom. The van der Waals surface area contributed by atoms with Crippen molar-refractivity contribution in [2.24, 2.45) is 0 Å². The van der Waals surface area contributed by atoms with Gasteiger partial charge in [-0.1, -0.05) is 121 Å². The standard InChI is InChI=1S/C36H25N3/c1-24-16-18-30-31-19-17-26(34-37-38-35-29-15-9-8-10-25(29)20-21-39(34)35)23-33(31)36(32(30)22-24,27-11-4-2-5-12-27)28-13-6-3-7-14-28/h2-23H,1H3. The summed E-state index contributed by atoms with van der Waals surface area (Å²) in [5.74, 6) is 0.848. The Bertz CT molecular complexity index is 1980. The van der Waals surface area contributed by atoms with Crippen LogP contribution in [0.2, 0.25) is 0 Å². The van der Waals surface area contributed by atoms with Crippen LogP contribution in [0.3, 0.4) is 0 Å². The lowest BCUT2D eigenvalue weighted by molar-refractivity contribution is 0.767. The van der Waals surface area contributed by atoms with Gasteiger partial charge in [0.25, 0.3) is 0 Å². The highest BCUT2D eigenvalue weighted by Gasteiger charge is 2.46. The molecular formula is C36H25N3. The van der Waals surface area contributed by atoms with Gasteiger partial charge in [0.1, 0.15) is 0 Å². The molecule has 0 spiro atoms. The summed E-state index contributed by atoms with van der Waals surface area (Å²) < 4.78 is 2.11. The molecule has 3 nitrogen and oxygen atoms in total. The summed E-state index contributed by atoms with van der Waals surface area (Å²) in [5.41, 5.74) is 10.4. The second-order valence-corrected chi connectivity index (χ2v) is 10.4. The van der Waals surface area contributed by atoms with Gasteiger partial charge >= 0.3 is 0 Å². The Hall–Kier alpha value is -5.02. The molecule has 2 aromatic heterocycles. The smallest absolute Gasteiger partial charge is 0.168 e. The summed E-state index contributed by atoms with van der Waals surface area (Å²) in [6.07, 6.45) is 2.08. The first-order valence-corrected chi connectivity index (χ1v) is 13.3. The van der Waals surface area contributed by atoms with Crippen LogP contribution in [-0.2, 0) is 5.41 Å². The van der Waals surface area contributed by atoms with Crippen LogP contribution in [0.15, 0.2) is 134 Å². The fraction of sp³-hybridized carbons (Fsp3) is 0.0556. The monoisotopic (exact) mass is 499 g/mol. The molecule has 0 amide bonds. The first-order chi connectivity index (χ1) is 19.2. The number of aromatic nitrogens is 3. The van der Waals surface area contributed by atoms with Gasteiger partial charge in [0.15, 0.2) is 11.5 Å². The topological polar surface area (TPSA) is 30.2 Å². The van der Waals surface area contributed by atoms with E-state index in [1.807, 2.05) is 0 Å². The molecule has 1 aliphatic carbocycles. The fourth-order valence-corrected chi connectivity index (χ4v) is 6.56. The highest BCUT2D eigenvalue weighted by atomic mass is 15.2. The van der Waals surface area contributed by atoms with Gasteiger partial charge in [-0.05, 0) is 57.8 Å². The van der Waals surface area contributed by atoms with Crippen LogP contribution in [0, 0.1) is 6.92 Å². The summed E-state index contributed by atoms with van der Waals surface area (Å²) in [6.45, 7) is 2.18. The molecule has 8 rings (SSSR count). The number of hydrogen-bond acceptors (Lipinski definition) is 2. The molecule has 39 heavy (non-hydrogen) atoms. The van der Waals surface area contributed by atoms with E-state index in [-0.39, 0.29) is 0 Å². The molecule has 0 bridgehead atoms. The van der Waals surface area contributed by atoms with E-state index in [0.29, 0.717) is 0 Å². The predicted octanol–water partition coefficient (Wildman–Crippen LogP) is 8.22. The Balaban J connectivity index is 1.45. The van der Waals surface area contributed by atoms with Crippen molar-refractivity contribution in [3.05, 3.63) is 161 Å². The van der Waals surface area contributed by atoms with Crippen molar-refractivity contribution in [2.75, 3.05) is 0 Å². The third-order valence-corrected chi connectivity index (χ3v) is 8.27. The first kappa shape index (κ1) is 22.0. The number of hydrogen-bond donors (Lipinski definition) is 0. The Morgan fingerprint density at radius 1 is 0.590 bits per heavy atom. The summed E-state index contributed by atoms with van der Waals surface area (Å²) >= 11 is 0. The zero-order chi connectivity index (χ0) is 26.0. The van der Waals surface area contributed by atoms with Crippen molar-refractivity contribution in [3.8, 4) is 22.5 Å². The van der Waals surface area contributed by atoms with E-state index in [1.54, 1.807) is 0 Å². The minimum Gasteiger partial charge on any atom is -0.282 e. The summed E-state index contributed by atoms with van der Waals surface area (Å²) in [5, 5.41) is 11.6. The van der Waals surface area contributed by atoms with E-state index in [9.17, 15) is 0 Å². The van der Waals surface area contributed by atoms with E-state index in [1.165, 1.54) is 38.9 Å². The third kappa shape index (κ3) is 3.04. The largest absolute Gasteiger partial charge is 0.282 e. The number of benzene rings is 5. The molecule has 3 heteroatoms. The quantitative estimate of drug-likeness (QED) is 0.245. The number of nitrogens with zero attached hydrogens (tertiary/aromatic N) is 3. The van der Waals surface area contributed by atoms with Crippen molar-refractivity contribution < 1.29 is 0 Å². The van der Waals surface area contributed by atoms with Crippen LogP contribution in [0.5, 0.6) is 0 Å². The Morgan fingerprint density at radius 3 is 1.97 bits per heavy atom. The van der Waals surface area contributed by atoms with Crippen LogP contribution in [0.25, 0.3) is 38.9 Å². The highest BCUT2D eigenvalue weighted by molar-refractivity contribution is 5.94. The number of aryl methyl sites for hydroxylation is 1. The molecule has 0 saturated heterocycles.